The number of nitrogens with zero attached hydrogens (tertiary/aromatic N) is 3. The lowest BCUT2D eigenvalue weighted by Crippen LogP contribution is -2.49. The number of benzene rings is 2. The van der Waals surface area contributed by atoms with Crippen molar-refractivity contribution in [2.45, 2.75) is 6.54 Å². The fraction of sp³-hybridized carbons (Fsp3) is 0.350. The van der Waals surface area contributed by atoms with Gasteiger partial charge in [-0.25, -0.2) is 0 Å². The van der Waals surface area contributed by atoms with Crippen LogP contribution in [0.2, 0.25) is 5.02 Å². The number of carbonyl (C=O) groups excluding carboxylic acids is 1. The molecule has 0 N–H and O–H groups in total. The van der Waals surface area contributed by atoms with E-state index in [-0.39, 0.29) is 24.0 Å². The molecule has 1 amide bonds. The summed E-state index contributed by atoms with van der Waals surface area (Å²) in [6.07, 6.45) is 0. The lowest BCUT2D eigenvalue weighted by atomic mass is 10.2. The third-order valence-corrected chi connectivity index (χ3v) is 5.01. The standard InChI is InChI=1S/C20H22ClN3O5/c1-28-18-7-6-17(24(26)27)12-19(18)29-14-20(25)23-10-8-22(9-11-23)13-15-2-4-16(21)5-3-15/h2-7,12H,8-11,13-14H2,1H3. The Hall–Kier alpha value is -2.84. The Morgan fingerprint density at radius 3 is 2.41 bits per heavy atom. The second-order valence-electron chi connectivity index (χ2n) is 6.66. The topological polar surface area (TPSA) is 85.2 Å². The van der Waals surface area contributed by atoms with E-state index in [1.165, 1.54) is 30.9 Å². The second kappa shape index (κ2) is 9.58. The molecular weight excluding hydrogens is 398 g/mol. The van der Waals surface area contributed by atoms with Crippen LogP contribution in [-0.2, 0) is 11.3 Å². The first-order chi connectivity index (χ1) is 14.0. The van der Waals surface area contributed by atoms with Crippen molar-refractivity contribution in [2.75, 3.05) is 39.9 Å². The van der Waals surface area contributed by atoms with Gasteiger partial charge in [-0.05, 0) is 23.8 Å². The summed E-state index contributed by atoms with van der Waals surface area (Å²) < 4.78 is 10.7. The van der Waals surface area contributed by atoms with Gasteiger partial charge in [-0.15, -0.1) is 0 Å². The highest BCUT2D eigenvalue weighted by Crippen LogP contribution is 2.31. The second-order valence-corrected chi connectivity index (χ2v) is 7.10. The molecule has 0 aromatic heterocycles. The summed E-state index contributed by atoms with van der Waals surface area (Å²) in [5.74, 6) is 0.359. The summed E-state index contributed by atoms with van der Waals surface area (Å²) in [4.78, 5) is 26.9. The first-order valence-corrected chi connectivity index (χ1v) is 9.54. The largest absolute Gasteiger partial charge is 0.493 e. The normalized spacial score (nSPS) is 14.5. The quantitative estimate of drug-likeness (QED) is 0.506. The molecule has 0 bridgehead atoms. The van der Waals surface area contributed by atoms with Crippen LogP contribution in [0.25, 0.3) is 0 Å². The summed E-state index contributed by atoms with van der Waals surface area (Å²) in [5, 5.41) is 11.7. The van der Waals surface area contributed by atoms with E-state index < -0.39 is 4.92 Å². The van der Waals surface area contributed by atoms with Gasteiger partial charge in [-0.3, -0.25) is 19.8 Å². The van der Waals surface area contributed by atoms with E-state index >= 15 is 0 Å². The van der Waals surface area contributed by atoms with Gasteiger partial charge in [0.15, 0.2) is 18.1 Å². The SMILES string of the molecule is COc1ccc([N+](=O)[O-])cc1OCC(=O)N1CCN(Cc2ccc(Cl)cc2)CC1. The molecular formula is C20H22ClN3O5. The monoisotopic (exact) mass is 419 g/mol. The Morgan fingerprint density at radius 2 is 1.79 bits per heavy atom. The van der Waals surface area contributed by atoms with Crippen LogP contribution in [0.5, 0.6) is 11.5 Å². The number of halogens is 1. The molecule has 1 aliphatic heterocycles. The molecule has 1 saturated heterocycles. The van der Waals surface area contributed by atoms with Crippen molar-refractivity contribution >= 4 is 23.2 Å². The zero-order valence-corrected chi connectivity index (χ0v) is 16.8. The summed E-state index contributed by atoms with van der Waals surface area (Å²) in [6.45, 7) is 3.32. The van der Waals surface area contributed by atoms with Crippen LogP contribution in [0.4, 0.5) is 5.69 Å². The maximum atomic E-state index is 12.5. The lowest BCUT2D eigenvalue weighted by molar-refractivity contribution is -0.385. The highest BCUT2D eigenvalue weighted by molar-refractivity contribution is 6.30. The van der Waals surface area contributed by atoms with Crippen molar-refractivity contribution in [1.82, 2.24) is 9.80 Å². The molecule has 9 heteroatoms. The average molecular weight is 420 g/mol. The number of carbonyl (C=O) groups is 1. The number of piperazine rings is 1. The Labute approximate surface area is 173 Å². The molecule has 29 heavy (non-hydrogen) atoms. The number of rotatable bonds is 7. The predicted molar refractivity (Wildman–Crippen MR) is 108 cm³/mol. The maximum Gasteiger partial charge on any atom is 0.273 e. The molecule has 0 unspecified atom stereocenters. The Balaban J connectivity index is 1.50. The van der Waals surface area contributed by atoms with Crippen LogP contribution in [0.3, 0.4) is 0 Å². The first-order valence-electron chi connectivity index (χ1n) is 9.16. The fourth-order valence-corrected chi connectivity index (χ4v) is 3.25. The molecule has 3 rings (SSSR count). The van der Waals surface area contributed by atoms with Gasteiger partial charge < -0.3 is 14.4 Å². The van der Waals surface area contributed by atoms with Crippen molar-refractivity contribution in [1.29, 1.82) is 0 Å². The number of nitro benzene ring substituents is 1. The van der Waals surface area contributed by atoms with Gasteiger partial charge in [-0.1, -0.05) is 23.7 Å². The Bertz CT molecular complexity index is 867. The number of methoxy groups -OCH3 is 1. The van der Waals surface area contributed by atoms with Crippen molar-refractivity contribution in [3.63, 3.8) is 0 Å². The van der Waals surface area contributed by atoms with Crippen LogP contribution < -0.4 is 9.47 Å². The first kappa shape index (κ1) is 20.9. The predicted octanol–water partition coefficient (Wildman–Crippen LogP) is 2.98. The average Bonchev–Trinajstić information content (AvgIpc) is 2.74. The highest BCUT2D eigenvalue weighted by atomic mass is 35.5. The van der Waals surface area contributed by atoms with Crippen molar-refractivity contribution in [3.05, 3.63) is 63.2 Å². The number of hydrogen-bond acceptors (Lipinski definition) is 6. The molecule has 1 aliphatic rings. The molecule has 0 aliphatic carbocycles. The van der Waals surface area contributed by atoms with Crippen molar-refractivity contribution in [2.24, 2.45) is 0 Å². The summed E-state index contributed by atoms with van der Waals surface area (Å²) in [5.41, 5.74) is 1.05. The van der Waals surface area contributed by atoms with E-state index in [1.807, 2.05) is 24.3 Å². The zero-order chi connectivity index (χ0) is 20.8. The molecule has 0 radical (unpaired) electrons. The minimum absolute atomic E-state index is 0.121. The highest BCUT2D eigenvalue weighted by Gasteiger charge is 2.22. The number of hydrogen-bond donors (Lipinski definition) is 0. The van der Waals surface area contributed by atoms with E-state index in [0.29, 0.717) is 23.9 Å². The van der Waals surface area contributed by atoms with Crippen LogP contribution in [0.15, 0.2) is 42.5 Å². The van der Waals surface area contributed by atoms with Crippen LogP contribution in [0, 0.1) is 10.1 Å². The molecule has 154 valence electrons. The molecule has 0 saturated carbocycles. The van der Waals surface area contributed by atoms with E-state index in [9.17, 15) is 14.9 Å². The van der Waals surface area contributed by atoms with Gasteiger partial charge in [0, 0.05) is 43.8 Å². The smallest absolute Gasteiger partial charge is 0.273 e. The minimum atomic E-state index is -0.520. The lowest BCUT2D eigenvalue weighted by Gasteiger charge is -2.34. The molecule has 1 heterocycles. The number of amides is 1. The van der Waals surface area contributed by atoms with Crippen molar-refractivity contribution < 1.29 is 19.2 Å². The van der Waals surface area contributed by atoms with Crippen LogP contribution >= 0.6 is 11.6 Å². The third kappa shape index (κ3) is 5.58. The van der Waals surface area contributed by atoms with E-state index in [2.05, 4.69) is 4.90 Å². The van der Waals surface area contributed by atoms with Crippen molar-refractivity contribution in [3.8, 4) is 11.5 Å². The molecule has 8 nitrogen and oxygen atoms in total. The van der Waals surface area contributed by atoms with Gasteiger partial charge in [0.2, 0.25) is 0 Å². The van der Waals surface area contributed by atoms with Gasteiger partial charge in [-0.2, -0.15) is 0 Å². The Morgan fingerprint density at radius 1 is 1.10 bits per heavy atom. The molecule has 2 aromatic carbocycles. The number of non-ortho nitro benzene ring substituents is 1. The molecule has 0 spiro atoms. The molecule has 0 atom stereocenters. The van der Waals surface area contributed by atoms with Gasteiger partial charge in [0.1, 0.15) is 0 Å². The van der Waals surface area contributed by atoms with E-state index in [4.69, 9.17) is 21.1 Å². The summed E-state index contributed by atoms with van der Waals surface area (Å²) in [7, 11) is 1.44. The van der Waals surface area contributed by atoms with Gasteiger partial charge >= 0.3 is 0 Å². The van der Waals surface area contributed by atoms with Crippen LogP contribution in [-0.4, -0.2) is 60.5 Å². The maximum absolute atomic E-state index is 12.5. The molecule has 2 aromatic rings. The van der Waals surface area contributed by atoms with Gasteiger partial charge in [0.05, 0.1) is 18.1 Å². The van der Waals surface area contributed by atoms with E-state index in [0.717, 1.165) is 19.6 Å². The minimum Gasteiger partial charge on any atom is -0.493 e. The summed E-state index contributed by atoms with van der Waals surface area (Å²) in [6, 6.07) is 11.8. The zero-order valence-electron chi connectivity index (χ0n) is 16.0. The number of ether oxygens (including phenoxy) is 2. The summed E-state index contributed by atoms with van der Waals surface area (Å²) >= 11 is 5.91. The number of nitro groups is 1. The Kier molecular flexibility index (Phi) is 6.90. The fourth-order valence-electron chi connectivity index (χ4n) is 3.13. The van der Waals surface area contributed by atoms with Crippen LogP contribution in [0.1, 0.15) is 5.56 Å². The third-order valence-electron chi connectivity index (χ3n) is 4.75. The van der Waals surface area contributed by atoms with E-state index in [1.54, 1.807) is 4.90 Å². The molecule has 1 fully saturated rings. The van der Waals surface area contributed by atoms with Gasteiger partial charge in [0.25, 0.3) is 11.6 Å².